The van der Waals surface area contributed by atoms with Gasteiger partial charge in [-0.05, 0) is 30.5 Å². The van der Waals surface area contributed by atoms with Crippen LogP contribution in [0.5, 0.6) is 0 Å². The van der Waals surface area contributed by atoms with E-state index in [1.54, 1.807) is 13.0 Å². The molecule has 0 aliphatic carbocycles. The fourth-order valence-corrected chi connectivity index (χ4v) is 1.93. The topological polar surface area (TPSA) is 84.2 Å². The average molecular weight is 330 g/mol. The normalized spacial score (nSPS) is 13.6. The van der Waals surface area contributed by atoms with Crippen molar-refractivity contribution in [3.8, 4) is 0 Å². The van der Waals surface area contributed by atoms with Crippen molar-refractivity contribution in [3.63, 3.8) is 0 Å². The molecule has 1 unspecified atom stereocenters. The van der Waals surface area contributed by atoms with Gasteiger partial charge in [0.1, 0.15) is 5.82 Å². The van der Waals surface area contributed by atoms with E-state index in [1.165, 1.54) is 12.1 Å². The van der Waals surface area contributed by atoms with Crippen molar-refractivity contribution in [1.82, 2.24) is 10.6 Å². The van der Waals surface area contributed by atoms with Gasteiger partial charge >= 0.3 is 0 Å². The number of nitrogens with one attached hydrogen (secondary N) is 2. The molecule has 2 amide bonds. The molecule has 5 nitrogen and oxygen atoms in total. The van der Waals surface area contributed by atoms with Gasteiger partial charge in [0.15, 0.2) is 0 Å². The molecule has 122 valence electrons. The van der Waals surface area contributed by atoms with Gasteiger partial charge in [0.25, 0.3) is 0 Å². The van der Waals surface area contributed by atoms with Crippen molar-refractivity contribution in [1.29, 1.82) is 0 Å². The van der Waals surface area contributed by atoms with Crippen LogP contribution in [-0.2, 0) is 9.59 Å². The van der Waals surface area contributed by atoms with Gasteiger partial charge < -0.3 is 16.4 Å². The zero-order chi connectivity index (χ0) is 16.9. The fraction of sp³-hybridized carbons (Fsp3) is 0.467. The largest absolute Gasteiger partial charge is 0.348 e. The molecule has 0 fully saturated rings. The van der Waals surface area contributed by atoms with Crippen molar-refractivity contribution >= 4 is 23.4 Å². The summed E-state index contributed by atoms with van der Waals surface area (Å²) in [6.45, 7) is 5.22. The molecule has 0 radical (unpaired) electrons. The summed E-state index contributed by atoms with van der Waals surface area (Å²) in [5.74, 6) is -1.26. The van der Waals surface area contributed by atoms with Gasteiger partial charge in [0.05, 0.1) is 23.7 Å². The third kappa shape index (κ3) is 5.27. The van der Waals surface area contributed by atoms with Crippen LogP contribution < -0.4 is 16.4 Å². The van der Waals surface area contributed by atoms with Gasteiger partial charge in [-0.2, -0.15) is 0 Å². The molecule has 0 aromatic heterocycles. The van der Waals surface area contributed by atoms with E-state index in [-0.39, 0.29) is 35.3 Å². The molecule has 1 rings (SSSR count). The Kier molecular flexibility index (Phi) is 6.77. The zero-order valence-corrected chi connectivity index (χ0v) is 13.6. The number of nitrogens with two attached hydrogens (primary N) is 1. The number of amides is 2. The molecule has 0 aliphatic rings. The van der Waals surface area contributed by atoms with Crippen LogP contribution in [0.4, 0.5) is 4.39 Å². The predicted molar refractivity (Wildman–Crippen MR) is 83.8 cm³/mol. The lowest BCUT2D eigenvalue weighted by Crippen LogP contribution is -2.47. The number of carbonyl (C=O) groups is 2. The molecular formula is C15H21ClFN3O2. The van der Waals surface area contributed by atoms with E-state index in [1.807, 2.05) is 13.8 Å². The van der Waals surface area contributed by atoms with Crippen LogP contribution in [-0.4, -0.2) is 24.4 Å². The minimum absolute atomic E-state index is 0.00481. The Bertz CT molecular complexity index is 552. The molecule has 4 N–H and O–H groups in total. The minimum Gasteiger partial charge on any atom is -0.348 e. The van der Waals surface area contributed by atoms with Crippen molar-refractivity contribution in [2.24, 2.45) is 11.7 Å². The lowest BCUT2D eigenvalue weighted by Gasteiger charge is -2.17. The highest BCUT2D eigenvalue weighted by Gasteiger charge is 2.18. The van der Waals surface area contributed by atoms with Crippen LogP contribution in [0.1, 0.15) is 32.4 Å². The average Bonchev–Trinajstić information content (AvgIpc) is 2.46. The van der Waals surface area contributed by atoms with E-state index in [2.05, 4.69) is 10.6 Å². The summed E-state index contributed by atoms with van der Waals surface area (Å²) in [5, 5.41) is 5.16. The van der Waals surface area contributed by atoms with Crippen LogP contribution in [0.15, 0.2) is 18.2 Å². The lowest BCUT2D eigenvalue weighted by atomic mass is 10.1. The van der Waals surface area contributed by atoms with E-state index in [0.29, 0.717) is 5.56 Å². The Morgan fingerprint density at radius 1 is 1.32 bits per heavy atom. The molecule has 0 saturated carbocycles. The highest BCUT2D eigenvalue weighted by molar-refractivity contribution is 6.30. The van der Waals surface area contributed by atoms with Gasteiger partial charge in [0.2, 0.25) is 11.8 Å². The monoisotopic (exact) mass is 329 g/mol. The lowest BCUT2D eigenvalue weighted by molar-refractivity contribution is -0.127. The predicted octanol–water partition coefficient (Wildman–Crippen LogP) is 1.76. The van der Waals surface area contributed by atoms with Crippen LogP contribution in [0.2, 0.25) is 5.02 Å². The first kappa shape index (κ1) is 18.4. The van der Waals surface area contributed by atoms with Gasteiger partial charge in [0, 0.05) is 0 Å². The van der Waals surface area contributed by atoms with Crippen LogP contribution in [0, 0.1) is 11.7 Å². The van der Waals surface area contributed by atoms with Gasteiger partial charge in [-0.3, -0.25) is 9.59 Å². The third-order valence-corrected chi connectivity index (χ3v) is 3.55. The number of halogens is 2. The molecule has 1 aromatic rings. The van der Waals surface area contributed by atoms with E-state index in [4.69, 9.17) is 17.3 Å². The Morgan fingerprint density at radius 3 is 2.50 bits per heavy atom. The number of carbonyl (C=O) groups excluding carboxylic acids is 2. The second-order valence-corrected chi connectivity index (χ2v) is 5.86. The van der Waals surface area contributed by atoms with Crippen LogP contribution >= 0.6 is 11.6 Å². The summed E-state index contributed by atoms with van der Waals surface area (Å²) in [5.41, 5.74) is 6.35. The molecule has 0 aliphatic heterocycles. The Balaban J connectivity index is 2.51. The maximum atomic E-state index is 13.1. The van der Waals surface area contributed by atoms with Gasteiger partial charge in [-0.25, -0.2) is 4.39 Å². The molecule has 1 aromatic carbocycles. The fourth-order valence-electron chi connectivity index (χ4n) is 1.75. The SMILES string of the molecule is CC(NC(=O)CNC(=O)[C@@H](N)C(C)C)c1ccc(F)c(Cl)c1. The first-order valence-corrected chi connectivity index (χ1v) is 7.37. The number of hydrogen-bond acceptors (Lipinski definition) is 3. The van der Waals surface area contributed by atoms with Gasteiger partial charge in [-0.15, -0.1) is 0 Å². The first-order valence-electron chi connectivity index (χ1n) is 7.00. The summed E-state index contributed by atoms with van der Waals surface area (Å²) < 4.78 is 13.1. The summed E-state index contributed by atoms with van der Waals surface area (Å²) >= 11 is 5.70. The van der Waals surface area contributed by atoms with E-state index in [9.17, 15) is 14.0 Å². The van der Waals surface area contributed by atoms with E-state index >= 15 is 0 Å². The maximum absolute atomic E-state index is 13.1. The van der Waals surface area contributed by atoms with Crippen molar-refractivity contribution in [3.05, 3.63) is 34.6 Å². The molecule has 0 bridgehead atoms. The maximum Gasteiger partial charge on any atom is 0.239 e. The van der Waals surface area contributed by atoms with Crippen molar-refractivity contribution in [2.75, 3.05) is 6.54 Å². The Hall–Kier alpha value is -1.66. The summed E-state index contributed by atoms with van der Waals surface area (Å²) in [4.78, 5) is 23.5. The third-order valence-electron chi connectivity index (χ3n) is 3.27. The molecular weight excluding hydrogens is 309 g/mol. The molecule has 0 heterocycles. The number of rotatable bonds is 6. The highest BCUT2D eigenvalue weighted by Crippen LogP contribution is 2.20. The summed E-state index contributed by atoms with van der Waals surface area (Å²) in [6, 6.07) is 3.22. The van der Waals surface area contributed by atoms with E-state index in [0.717, 1.165) is 0 Å². The first-order chi connectivity index (χ1) is 10.2. The zero-order valence-electron chi connectivity index (χ0n) is 12.8. The standard InChI is InChI=1S/C15H21ClFN3O2/c1-8(2)14(18)15(22)19-7-13(21)20-9(3)10-4-5-12(17)11(16)6-10/h4-6,8-9,14H,7,18H2,1-3H3,(H,19,22)(H,20,21)/t9?,14-/m0/s1. The number of hydrogen-bond donors (Lipinski definition) is 3. The highest BCUT2D eigenvalue weighted by atomic mass is 35.5. The summed E-state index contributed by atoms with van der Waals surface area (Å²) in [6.07, 6.45) is 0. The smallest absolute Gasteiger partial charge is 0.239 e. The van der Waals surface area contributed by atoms with Crippen molar-refractivity contribution < 1.29 is 14.0 Å². The summed E-state index contributed by atoms with van der Waals surface area (Å²) in [7, 11) is 0. The van der Waals surface area contributed by atoms with Crippen LogP contribution in [0.25, 0.3) is 0 Å². The van der Waals surface area contributed by atoms with Gasteiger partial charge in [-0.1, -0.05) is 31.5 Å². The van der Waals surface area contributed by atoms with Crippen molar-refractivity contribution in [2.45, 2.75) is 32.9 Å². The Morgan fingerprint density at radius 2 is 1.95 bits per heavy atom. The molecule has 0 saturated heterocycles. The second kappa shape index (κ2) is 8.10. The molecule has 0 spiro atoms. The van der Waals surface area contributed by atoms with Crippen LogP contribution in [0.3, 0.4) is 0 Å². The molecule has 7 heteroatoms. The number of benzene rings is 1. The second-order valence-electron chi connectivity index (χ2n) is 5.45. The molecule has 2 atom stereocenters. The Labute approximate surface area is 134 Å². The minimum atomic E-state index is -0.652. The van der Waals surface area contributed by atoms with E-state index < -0.39 is 11.9 Å². The quantitative estimate of drug-likeness (QED) is 0.743. The molecule has 22 heavy (non-hydrogen) atoms.